The van der Waals surface area contributed by atoms with Crippen molar-refractivity contribution in [2.24, 2.45) is 0 Å². The third-order valence-electron chi connectivity index (χ3n) is 3.20. The number of amides is 1. The predicted octanol–water partition coefficient (Wildman–Crippen LogP) is 2.57. The van der Waals surface area contributed by atoms with Crippen molar-refractivity contribution in [3.8, 4) is 0 Å². The number of benzene rings is 1. The van der Waals surface area contributed by atoms with Crippen LogP contribution in [0.3, 0.4) is 0 Å². The van der Waals surface area contributed by atoms with Crippen molar-refractivity contribution in [3.63, 3.8) is 0 Å². The minimum Gasteiger partial charge on any atom is -0.325 e. The number of carbonyl (C=O) groups excluding carboxylic acids is 1. The molecule has 0 aliphatic carbocycles. The minimum atomic E-state index is 0.182. The largest absolute Gasteiger partial charge is 0.325 e. The first-order valence-electron chi connectivity index (χ1n) is 6.79. The third kappa shape index (κ3) is 3.74. The van der Waals surface area contributed by atoms with E-state index in [9.17, 15) is 4.79 Å². The zero-order valence-electron chi connectivity index (χ0n) is 11.8. The molecular formula is C15H22N2OS. The maximum Gasteiger partial charge on any atom is 0.233 e. The van der Waals surface area contributed by atoms with Crippen LogP contribution in [-0.2, 0) is 4.79 Å². The molecule has 4 heteroatoms. The quantitative estimate of drug-likeness (QED) is 0.898. The summed E-state index contributed by atoms with van der Waals surface area (Å²) in [4.78, 5) is 14.0. The van der Waals surface area contributed by atoms with Crippen LogP contribution in [0.15, 0.2) is 24.3 Å². The Hall–Kier alpha value is -1.00. The van der Waals surface area contributed by atoms with Gasteiger partial charge < -0.3 is 10.2 Å². The first kappa shape index (κ1) is 14.4. The Kier molecular flexibility index (Phi) is 4.88. The van der Waals surface area contributed by atoms with Gasteiger partial charge in [0.2, 0.25) is 5.91 Å². The highest BCUT2D eigenvalue weighted by atomic mass is 32.2. The zero-order chi connectivity index (χ0) is 13.8. The number of rotatable bonds is 5. The topological polar surface area (TPSA) is 32.3 Å². The molecular weight excluding hydrogens is 256 g/mol. The fourth-order valence-electron chi connectivity index (χ4n) is 2.27. The van der Waals surface area contributed by atoms with Crippen molar-refractivity contribution >= 4 is 17.7 Å². The Morgan fingerprint density at radius 2 is 2.26 bits per heavy atom. The van der Waals surface area contributed by atoms with E-state index in [4.69, 9.17) is 0 Å². The number of hydrogen-bond donors (Lipinski definition) is 1. The molecule has 1 fully saturated rings. The molecule has 104 valence electrons. The first-order chi connectivity index (χ1) is 9.08. The SMILES string of the molecule is Cc1cccc(C2SCC(=O)N2CCNC(C)C)c1. The van der Waals surface area contributed by atoms with Gasteiger partial charge in [-0.1, -0.05) is 43.7 Å². The molecule has 19 heavy (non-hydrogen) atoms. The standard InChI is InChI=1S/C15H22N2OS/c1-11(2)16-7-8-17-14(18)10-19-15(17)13-6-4-5-12(3)9-13/h4-6,9,11,15-16H,7-8,10H2,1-3H3. The van der Waals surface area contributed by atoms with Gasteiger partial charge in [0.1, 0.15) is 5.37 Å². The Morgan fingerprint density at radius 3 is 2.95 bits per heavy atom. The zero-order valence-corrected chi connectivity index (χ0v) is 12.7. The van der Waals surface area contributed by atoms with Gasteiger partial charge in [0, 0.05) is 19.1 Å². The lowest BCUT2D eigenvalue weighted by atomic mass is 10.1. The van der Waals surface area contributed by atoms with Crippen molar-refractivity contribution in [1.82, 2.24) is 10.2 Å². The summed E-state index contributed by atoms with van der Waals surface area (Å²) in [5.74, 6) is 0.849. The predicted molar refractivity (Wildman–Crippen MR) is 81.2 cm³/mol. The molecule has 1 aliphatic rings. The van der Waals surface area contributed by atoms with E-state index in [0.717, 1.165) is 13.1 Å². The minimum absolute atomic E-state index is 0.182. The summed E-state index contributed by atoms with van der Waals surface area (Å²) in [6.45, 7) is 7.97. The van der Waals surface area contributed by atoms with Crippen LogP contribution in [0.5, 0.6) is 0 Å². The van der Waals surface area contributed by atoms with Crippen molar-refractivity contribution in [1.29, 1.82) is 0 Å². The van der Waals surface area contributed by atoms with Crippen molar-refractivity contribution < 1.29 is 4.79 Å². The molecule has 1 saturated heterocycles. The second-order valence-electron chi connectivity index (χ2n) is 5.27. The highest BCUT2D eigenvalue weighted by Gasteiger charge is 2.32. The molecule has 0 radical (unpaired) electrons. The molecule has 0 aromatic heterocycles. The summed E-state index contributed by atoms with van der Waals surface area (Å²) in [5, 5.41) is 3.55. The Balaban J connectivity index is 2.04. The molecule has 1 N–H and O–H groups in total. The van der Waals surface area contributed by atoms with Crippen LogP contribution in [0, 0.1) is 6.92 Å². The van der Waals surface area contributed by atoms with E-state index >= 15 is 0 Å². The fourth-order valence-corrected chi connectivity index (χ4v) is 3.48. The molecule has 2 rings (SSSR count). The second-order valence-corrected chi connectivity index (χ2v) is 6.34. The molecule has 1 aromatic carbocycles. The average Bonchev–Trinajstić information content (AvgIpc) is 2.71. The van der Waals surface area contributed by atoms with E-state index in [0.29, 0.717) is 11.8 Å². The molecule has 1 aliphatic heterocycles. The van der Waals surface area contributed by atoms with Gasteiger partial charge in [-0.05, 0) is 12.5 Å². The van der Waals surface area contributed by atoms with E-state index in [1.54, 1.807) is 11.8 Å². The number of carbonyl (C=O) groups is 1. The highest BCUT2D eigenvalue weighted by Crippen LogP contribution is 2.38. The van der Waals surface area contributed by atoms with E-state index in [-0.39, 0.29) is 11.3 Å². The summed E-state index contributed by atoms with van der Waals surface area (Å²) in [6.07, 6.45) is 0. The van der Waals surface area contributed by atoms with Gasteiger partial charge in [-0.2, -0.15) is 0 Å². The van der Waals surface area contributed by atoms with Crippen LogP contribution in [0.1, 0.15) is 30.3 Å². The van der Waals surface area contributed by atoms with Crippen LogP contribution < -0.4 is 5.32 Å². The Morgan fingerprint density at radius 1 is 1.47 bits per heavy atom. The molecule has 1 unspecified atom stereocenters. The summed E-state index contributed by atoms with van der Waals surface area (Å²) in [7, 11) is 0. The van der Waals surface area contributed by atoms with Crippen molar-refractivity contribution in [2.45, 2.75) is 32.2 Å². The third-order valence-corrected chi connectivity index (χ3v) is 4.46. The van der Waals surface area contributed by atoms with Gasteiger partial charge in [-0.25, -0.2) is 0 Å². The van der Waals surface area contributed by atoms with Crippen LogP contribution in [-0.4, -0.2) is 35.7 Å². The lowest BCUT2D eigenvalue weighted by molar-refractivity contribution is -0.128. The summed E-state index contributed by atoms with van der Waals surface area (Å²) in [5.41, 5.74) is 2.48. The number of hydrogen-bond acceptors (Lipinski definition) is 3. The van der Waals surface area contributed by atoms with Gasteiger partial charge in [0.05, 0.1) is 5.75 Å². The smallest absolute Gasteiger partial charge is 0.233 e. The monoisotopic (exact) mass is 278 g/mol. The Bertz CT molecular complexity index is 448. The molecule has 1 heterocycles. The lowest BCUT2D eigenvalue weighted by Gasteiger charge is -2.25. The maximum absolute atomic E-state index is 12.0. The Labute approximate surface area is 119 Å². The number of thioether (sulfide) groups is 1. The normalized spacial score (nSPS) is 19.5. The number of aryl methyl sites for hydroxylation is 1. The number of nitrogens with one attached hydrogen (secondary N) is 1. The van der Waals surface area contributed by atoms with E-state index in [1.807, 2.05) is 4.90 Å². The van der Waals surface area contributed by atoms with Gasteiger partial charge in [-0.3, -0.25) is 4.79 Å². The summed E-state index contributed by atoms with van der Waals surface area (Å²) >= 11 is 1.73. The van der Waals surface area contributed by atoms with E-state index in [1.165, 1.54) is 11.1 Å². The van der Waals surface area contributed by atoms with Crippen LogP contribution in [0.4, 0.5) is 0 Å². The van der Waals surface area contributed by atoms with Gasteiger partial charge in [-0.15, -0.1) is 11.8 Å². The molecule has 1 aromatic rings. The van der Waals surface area contributed by atoms with Crippen molar-refractivity contribution in [3.05, 3.63) is 35.4 Å². The van der Waals surface area contributed by atoms with Gasteiger partial charge in [0.15, 0.2) is 0 Å². The fraction of sp³-hybridized carbons (Fsp3) is 0.533. The van der Waals surface area contributed by atoms with Crippen LogP contribution in [0.2, 0.25) is 0 Å². The lowest BCUT2D eigenvalue weighted by Crippen LogP contribution is -2.37. The van der Waals surface area contributed by atoms with E-state index < -0.39 is 0 Å². The van der Waals surface area contributed by atoms with Crippen LogP contribution in [0.25, 0.3) is 0 Å². The molecule has 1 amide bonds. The molecule has 1 atom stereocenters. The molecule has 0 bridgehead atoms. The average molecular weight is 278 g/mol. The van der Waals surface area contributed by atoms with Gasteiger partial charge >= 0.3 is 0 Å². The molecule has 3 nitrogen and oxygen atoms in total. The second kappa shape index (κ2) is 6.44. The first-order valence-corrected chi connectivity index (χ1v) is 7.84. The highest BCUT2D eigenvalue weighted by molar-refractivity contribution is 8.00. The van der Waals surface area contributed by atoms with E-state index in [2.05, 4.69) is 50.4 Å². The summed E-state index contributed by atoms with van der Waals surface area (Å²) < 4.78 is 0. The van der Waals surface area contributed by atoms with Crippen molar-refractivity contribution in [2.75, 3.05) is 18.8 Å². The maximum atomic E-state index is 12.0. The number of nitrogens with zero attached hydrogens (tertiary/aromatic N) is 1. The molecule has 0 spiro atoms. The van der Waals surface area contributed by atoms with Crippen LogP contribution >= 0.6 is 11.8 Å². The van der Waals surface area contributed by atoms with Gasteiger partial charge in [0.25, 0.3) is 0 Å². The summed E-state index contributed by atoms with van der Waals surface area (Å²) in [6, 6.07) is 8.92. The molecule has 0 saturated carbocycles.